The zero-order valence-corrected chi connectivity index (χ0v) is 35.9. The first-order valence-electron chi connectivity index (χ1n) is 19.2. The molecule has 0 radical (unpaired) electrons. The van der Waals surface area contributed by atoms with Crippen LogP contribution in [-0.4, -0.2) is 8.07 Å². The second-order valence-electron chi connectivity index (χ2n) is 16.5. The molecule has 3 aliphatic rings. The fourth-order valence-electron chi connectivity index (χ4n) is 10.2. The Morgan fingerprint density at radius 3 is 1.19 bits per heavy atom. The number of benzene rings is 6. The van der Waals surface area contributed by atoms with E-state index >= 15 is 0 Å². The van der Waals surface area contributed by atoms with Crippen molar-refractivity contribution in [2.45, 2.75) is 56.2 Å². The third-order valence-electron chi connectivity index (χ3n) is 12.7. The molecule has 2 unspecified atom stereocenters. The first-order chi connectivity index (χ1) is 25.2. The molecule has 0 spiro atoms. The summed E-state index contributed by atoms with van der Waals surface area (Å²) in [6.45, 7) is 9.14. The van der Waals surface area contributed by atoms with E-state index in [0.717, 1.165) is 0 Å². The van der Waals surface area contributed by atoms with Crippen molar-refractivity contribution in [3.63, 3.8) is 0 Å². The molecule has 52 heavy (non-hydrogen) atoms. The zero-order valence-electron chi connectivity index (χ0n) is 31.3. The molecule has 1 fully saturated rings. The molecule has 0 bridgehead atoms. The van der Waals surface area contributed by atoms with Crippen LogP contribution in [0.25, 0.3) is 34.4 Å². The molecule has 0 saturated carbocycles. The summed E-state index contributed by atoms with van der Waals surface area (Å²) >= 11 is -3.33. The van der Waals surface area contributed by atoms with Crippen molar-refractivity contribution in [2.75, 3.05) is 0 Å². The van der Waals surface area contributed by atoms with Gasteiger partial charge < -0.3 is 0 Å². The molecule has 1 aliphatic heterocycles. The van der Waals surface area contributed by atoms with Crippen LogP contribution in [0.15, 0.2) is 156 Å². The van der Waals surface area contributed by atoms with Crippen molar-refractivity contribution in [1.82, 2.24) is 0 Å². The van der Waals surface area contributed by atoms with E-state index in [2.05, 4.69) is 195 Å². The summed E-state index contributed by atoms with van der Waals surface area (Å²) in [5.74, 6) is 1.05. The third-order valence-corrected chi connectivity index (χ3v) is 34.9. The van der Waals surface area contributed by atoms with Crippen molar-refractivity contribution >= 4 is 30.6 Å². The maximum absolute atomic E-state index is 3.33. The second-order valence-corrected chi connectivity index (χ2v) is 37.6. The number of allylic oxidation sites excluding steroid dienone is 2. The van der Waals surface area contributed by atoms with Crippen LogP contribution in [0.1, 0.15) is 80.3 Å². The fourth-order valence-corrected chi connectivity index (χ4v) is 41.4. The minimum absolute atomic E-state index is 0.506. The number of rotatable bonds is 6. The molecule has 6 aromatic carbocycles. The average molecular weight is 856 g/mol. The average Bonchev–Trinajstić information content (AvgIpc) is 3.77. The van der Waals surface area contributed by atoms with E-state index < -0.39 is 28.0 Å². The topological polar surface area (TPSA) is 0 Å². The Kier molecular flexibility index (Phi) is 8.28. The summed E-state index contributed by atoms with van der Waals surface area (Å²) in [7, 11) is -2.70. The summed E-state index contributed by atoms with van der Waals surface area (Å²) in [4.78, 5) is 0. The molecule has 0 aromatic heterocycles. The molecule has 256 valence electrons. The standard InChI is InChI=1S/C48H42Si.2CH3.Hf/c1-33(2)35-21-25-37(26-22-35)45-19-11-13-39-29-43(31-47(39)45)49(41-15-7-5-8-16-41,42-17-9-6-10-18-42)44-30-40-14-12-20-46(48(40)32-44)38-27-23-36(24-28-38)34(3)4;;;/h5-34H,1-4H3;2*1H3;. The van der Waals surface area contributed by atoms with E-state index in [4.69, 9.17) is 0 Å². The van der Waals surface area contributed by atoms with Crippen molar-refractivity contribution < 1.29 is 20.0 Å². The van der Waals surface area contributed by atoms with Gasteiger partial charge in [0, 0.05) is 0 Å². The SMILES string of the molecule is CC(C)c1ccc(-c2cccc3c2C=C2[CH]3[Hf]([CH3])([CH3])[CH]3C(=Cc4c(-c5ccc(C(C)C)cc5)cccc43)[Si]2(c2ccccc2)c2ccccc2)cc1. The van der Waals surface area contributed by atoms with Crippen LogP contribution in [-0.2, 0) is 20.0 Å². The van der Waals surface area contributed by atoms with Crippen LogP contribution in [0.2, 0.25) is 9.36 Å². The Labute approximate surface area is 316 Å². The summed E-state index contributed by atoms with van der Waals surface area (Å²) in [5, 5.41) is 6.50. The Bertz CT molecular complexity index is 2190. The predicted octanol–water partition coefficient (Wildman–Crippen LogP) is 12.4. The maximum atomic E-state index is 2.79. The molecule has 1 heterocycles. The van der Waals surface area contributed by atoms with E-state index in [1.54, 1.807) is 21.5 Å². The Morgan fingerprint density at radius 2 is 0.827 bits per heavy atom. The van der Waals surface area contributed by atoms with Gasteiger partial charge in [0.25, 0.3) is 0 Å². The quantitative estimate of drug-likeness (QED) is 0.146. The normalized spacial score (nSPS) is 19.1. The van der Waals surface area contributed by atoms with Crippen LogP contribution in [0.3, 0.4) is 0 Å². The van der Waals surface area contributed by atoms with Crippen molar-refractivity contribution in [2.24, 2.45) is 0 Å². The van der Waals surface area contributed by atoms with Gasteiger partial charge in [-0.05, 0) is 0 Å². The van der Waals surface area contributed by atoms with Gasteiger partial charge in [-0.15, -0.1) is 0 Å². The molecule has 1 saturated heterocycles. The van der Waals surface area contributed by atoms with Crippen LogP contribution in [0.5, 0.6) is 0 Å². The Hall–Kier alpha value is -4.11. The molecule has 0 nitrogen and oxygen atoms in total. The van der Waals surface area contributed by atoms with Gasteiger partial charge in [-0.3, -0.25) is 0 Å². The van der Waals surface area contributed by atoms with Crippen LogP contribution in [0, 0.1) is 0 Å². The summed E-state index contributed by atoms with van der Waals surface area (Å²) in [6, 6.07) is 56.7. The summed E-state index contributed by atoms with van der Waals surface area (Å²) in [6.07, 6.45) is 5.45. The van der Waals surface area contributed by atoms with Gasteiger partial charge in [-0.25, -0.2) is 0 Å². The van der Waals surface area contributed by atoms with Gasteiger partial charge in [0.2, 0.25) is 0 Å². The van der Waals surface area contributed by atoms with Crippen molar-refractivity contribution in [3.8, 4) is 22.3 Å². The van der Waals surface area contributed by atoms with Gasteiger partial charge in [0.05, 0.1) is 0 Å². The monoisotopic (exact) mass is 856 g/mol. The fraction of sp³-hybridized carbons (Fsp3) is 0.200. The number of fused-ring (bicyclic) bond motifs is 6. The van der Waals surface area contributed by atoms with E-state index in [0.29, 0.717) is 19.2 Å². The second kappa shape index (κ2) is 12.8. The Balaban J connectivity index is 1.34. The van der Waals surface area contributed by atoms with Crippen LogP contribution in [0.4, 0.5) is 0 Å². The van der Waals surface area contributed by atoms with Gasteiger partial charge >= 0.3 is 318 Å². The summed E-state index contributed by atoms with van der Waals surface area (Å²) < 4.78 is 6.59. The van der Waals surface area contributed by atoms with E-state index in [1.807, 2.05) is 0 Å². The van der Waals surface area contributed by atoms with Crippen LogP contribution < -0.4 is 10.4 Å². The van der Waals surface area contributed by atoms with E-state index in [9.17, 15) is 0 Å². The van der Waals surface area contributed by atoms with Gasteiger partial charge in [0.1, 0.15) is 0 Å². The van der Waals surface area contributed by atoms with E-state index in [-0.39, 0.29) is 0 Å². The Morgan fingerprint density at radius 1 is 0.442 bits per heavy atom. The van der Waals surface area contributed by atoms with Crippen molar-refractivity contribution in [1.29, 1.82) is 0 Å². The van der Waals surface area contributed by atoms with Gasteiger partial charge in [0.15, 0.2) is 0 Å². The molecule has 6 aromatic rings. The zero-order chi connectivity index (χ0) is 35.8. The van der Waals surface area contributed by atoms with Crippen molar-refractivity contribution in [3.05, 3.63) is 189 Å². The summed E-state index contributed by atoms with van der Waals surface area (Å²) in [5.41, 5.74) is 14.3. The molecule has 0 amide bonds. The van der Waals surface area contributed by atoms with Crippen LogP contribution >= 0.6 is 0 Å². The first kappa shape index (κ1) is 33.7. The molecule has 2 atom stereocenters. The molecular formula is C50H48HfSi. The molecular weight excluding hydrogens is 807 g/mol. The molecule has 0 N–H and O–H groups in total. The first-order valence-corrected chi connectivity index (χ1v) is 32.6. The third kappa shape index (κ3) is 5.01. The number of hydrogen-bond donors (Lipinski definition) is 0. The molecule has 2 aliphatic carbocycles. The van der Waals surface area contributed by atoms with Gasteiger partial charge in [-0.2, -0.15) is 0 Å². The van der Waals surface area contributed by atoms with Gasteiger partial charge in [-0.1, -0.05) is 0 Å². The predicted molar refractivity (Wildman–Crippen MR) is 223 cm³/mol. The molecule has 2 heteroatoms. The minimum atomic E-state index is -3.33. The van der Waals surface area contributed by atoms with E-state index in [1.165, 1.54) is 54.9 Å². The number of hydrogen-bond acceptors (Lipinski definition) is 0. The molecule has 9 rings (SSSR count).